The fraction of sp³-hybridized carbons (Fsp3) is 0.536. The second kappa shape index (κ2) is 14.4. The second-order valence-electron chi connectivity index (χ2n) is 11.0. The number of carbonyl (C=O) groups excluding carboxylic acids is 2. The quantitative estimate of drug-likeness (QED) is 0.254. The first-order valence-corrected chi connectivity index (χ1v) is 16.2. The standard InChI is InChI=1S/C28H35F3N7O5P/c29-28(30,31)27-35-23(37-13-9-19(10-14-37)2-1-3-25(39)34-18-44(41,42)43)16-24(36-27)38-15-11-22(38)26(40)33-12-8-20-4-6-21(17-32)7-5-20/h4-7,16,19,22H,1-3,8-15,18H2,(H,33,40)(H,34,39)(H2,41,42,43). The van der Waals surface area contributed by atoms with Gasteiger partial charge in [-0.05, 0) is 62.1 Å². The summed E-state index contributed by atoms with van der Waals surface area (Å²) in [5.74, 6) is -1.57. The molecule has 3 heterocycles. The van der Waals surface area contributed by atoms with Crippen LogP contribution in [-0.2, 0) is 26.8 Å². The van der Waals surface area contributed by atoms with Crippen LogP contribution in [0.3, 0.4) is 0 Å². The van der Waals surface area contributed by atoms with E-state index in [9.17, 15) is 27.3 Å². The number of alkyl halides is 3. The number of piperidine rings is 1. The molecule has 0 aliphatic carbocycles. The maximum atomic E-state index is 13.8. The van der Waals surface area contributed by atoms with Crippen molar-refractivity contribution >= 4 is 31.0 Å². The summed E-state index contributed by atoms with van der Waals surface area (Å²) in [6, 6.07) is 9.90. The lowest BCUT2D eigenvalue weighted by Crippen LogP contribution is -2.57. The Bertz CT molecular complexity index is 1410. The van der Waals surface area contributed by atoms with Gasteiger partial charge in [0.2, 0.25) is 17.6 Å². The number of halogens is 3. The molecule has 2 amide bonds. The van der Waals surface area contributed by atoms with E-state index in [1.165, 1.54) is 6.07 Å². The van der Waals surface area contributed by atoms with Crippen molar-refractivity contribution in [2.45, 2.75) is 57.2 Å². The van der Waals surface area contributed by atoms with Crippen molar-refractivity contribution in [1.82, 2.24) is 20.6 Å². The first-order valence-electron chi connectivity index (χ1n) is 14.4. The number of nitrogens with zero attached hydrogens (tertiary/aromatic N) is 5. The summed E-state index contributed by atoms with van der Waals surface area (Å²) in [6.07, 6.45) is -1.73. The summed E-state index contributed by atoms with van der Waals surface area (Å²) in [7, 11) is -4.31. The first-order chi connectivity index (χ1) is 20.8. The minimum Gasteiger partial charge on any atom is -0.356 e. The third-order valence-corrected chi connectivity index (χ3v) is 8.37. The highest BCUT2D eigenvalue weighted by molar-refractivity contribution is 7.51. The first kappa shape index (κ1) is 33.2. The number of carbonyl (C=O) groups is 2. The van der Waals surface area contributed by atoms with Gasteiger partial charge < -0.3 is 30.2 Å². The van der Waals surface area contributed by atoms with Crippen molar-refractivity contribution in [2.24, 2.45) is 5.92 Å². The molecule has 2 fully saturated rings. The van der Waals surface area contributed by atoms with Gasteiger partial charge in [0.05, 0.1) is 11.6 Å². The predicted octanol–water partition coefficient (Wildman–Crippen LogP) is 2.94. The highest BCUT2D eigenvalue weighted by Crippen LogP contribution is 2.35. The number of amides is 2. The summed E-state index contributed by atoms with van der Waals surface area (Å²) in [4.78, 5) is 53.3. The molecule has 12 nitrogen and oxygen atoms in total. The normalized spacial score (nSPS) is 17.5. The van der Waals surface area contributed by atoms with Crippen LogP contribution < -0.4 is 20.4 Å². The third-order valence-electron chi connectivity index (χ3n) is 7.80. The van der Waals surface area contributed by atoms with Gasteiger partial charge in [0.1, 0.15) is 24.0 Å². The fourth-order valence-electron chi connectivity index (χ4n) is 5.27. The average Bonchev–Trinajstić information content (AvgIpc) is 2.95. The Kier molecular flexibility index (Phi) is 10.8. The molecular weight excluding hydrogens is 602 g/mol. The predicted molar refractivity (Wildman–Crippen MR) is 154 cm³/mol. The summed E-state index contributed by atoms with van der Waals surface area (Å²) < 4.78 is 52.2. The minimum absolute atomic E-state index is 0.0456. The van der Waals surface area contributed by atoms with Gasteiger partial charge in [-0.1, -0.05) is 12.1 Å². The molecule has 2 saturated heterocycles. The lowest BCUT2D eigenvalue weighted by atomic mass is 9.91. The molecule has 4 rings (SSSR count). The Hall–Kier alpha value is -3.73. The maximum absolute atomic E-state index is 13.8. The number of rotatable bonds is 12. The van der Waals surface area contributed by atoms with E-state index >= 15 is 0 Å². The van der Waals surface area contributed by atoms with E-state index in [1.807, 2.05) is 18.2 Å². The highest BCUT2D eigenvalue weighted by atomic mass is 31.2. The van der Waals surface area contributed by atoms with E-state index in [2.05, 4.69) is 20.6 Å². The van der Waals surface area contributed by atoms with Crippen molar-refractivity contribution in [3.63, 3.8) is 0 Å². The molecule has 4 N–H and O–H groups in total. The molecule has 1 unspecified atom stereocenters. The van der Waals surface area contributed by atoms with Crippen molar-refractivity contribution in [3.05, 3.63) is 47.3 Å². The second-order valence-corrected chi connectivity index (χ2v) is 12.6. The van der Waals surface area contributed by atoms with Crippen LogP contribution in [0.1, 0.15) is 55.5 Å². The van der Waals surface area contributed by atoms with E-state index < -0.39 is 37.8 Å². The summed E-state index contributed by atoms with van der Waals surface area (Å²) >= 11 is 0. The number of anilines is 2. The van der Waals surface area contributed by atoms with Crippen LogP contribution in [0.5, 0.6) is 0 Å². The fourth-order valence-corrected chi connectivity index (χ4v) is 5.65. The molecule has 1 aromatic carbocycles. The molecule has 0 bridgehead atoms. The summed E-state index contributed by atoms with van der Waals surface area (Å²) in [5, 5.41) is 14.0. The van der Waals surface area contributed by atoms with Gasteiger partial charge in [-0.25, -0.2) is 9.97 Å². The number of hydrogen-bond acceptors (Lipinski definition) is 8. The number of nitrogens with one attached hydrogen (secondary N) is 2. The Morgan fingerprint density at radius 2 is 1.73 bits per heavy atom. The van der Waals surface area contributed by atoms with Gasteiger partial charge in [0, 0.05) is 38.7 Å². The minimum atomic E-state index is -4.77. The van der Waals surface area contributed by atoms with E-state index in [4.69, 9.17) is 15.0 Å². The lowest BCUT2D eigenvalue weighted by Gasteiger charge is -2.41. The van der Waals surface area contributed by atoms with Crippen LogP contribution in [0.2, 0.25) is 0 Å². The van der Waals surface area contributed by atoms with Gasteiger partial charge in [0.25, 0.3) is 0 Å². The van der Waals surface area contributed by atoms with Gasteiger partial charge in [-0.3, -0.25) is 14.2 Å². The van der Waals surface area contributed by atoms with E-state index in [-0.39, 0.29) is 29.9 Å². The van der Waals surface area contributed by atoms with E-state index in [0.29, 0.717) is 70.3 Å². The van der Waals surface area contributed by atoms with Crippen LogP contribution in [0.15, 0.2) is 30.3 Å². The van der Waals surface area contributed by atoms with Crippen LogP contribution >= 0.6 is 7.60 Å². The van der Waals surface area contributed by atoms with Gasteiger partial charge in [-0.2, -0.15) is 18.4 Å². The molecule has 1 aromatic heterocycles. The molecule has 0 spiro atoms. The number of nitriles is 1. The molecule has 16 heteroatoms. The van der Waals surface area contributed by atoms with Gasteiger partial charge in [-0.15, -0.1) is 0 Å². The summed E-state index contributed by atoms with van der Waals surface area (Å²) in [5.41, 5.74) is 1.48. The number of aromatic nitrogens is 2. The molecule has 2 aromatic rings. The molecule has 1 atom stereocenters. The zero-order valence-electron chi connectivity index (χ0n) is 24.0. The zero-order chi connectivity index (χ0) is 31.9. The molecule has 44 heavy (non-hydrogen) atoms. The molecule has 2 aliphatic rings. The molecule has 238 valence electrons. The molecule has 0 radical (unpaired) electrons. The zero-order valence-corrected chi connectivity index (χ0v) is 24.9. The topological polar surface area (TPSA) is 172 Å². The van der Waals surface area contributed by atoms with Gasteiger partial charge >= 0.3 is 13.8 Å². The molecule has 0 saturated carbocycles. The van der Waals surface area contributed by atoms with Crippen molar-refractivity contribution in [3.8, 4) is 6.07 Å². The Balaban J connectivity index is 1.32. The van der Waals surface area contributed by atoms with Crippen LogP contribution in [0, 0.1) is 17.2 Å². The van der Waals surface area contributed by atoms with Crippen molar-refractivity contribution < 1.29 is 37.1 Å². The lowest BCUT2D eigenvalue weighted by molar-refractivity contribution is -0.144. The van der Waals surface area contributed by atoms with Crippen LogP contribution in [0.25, 0.3) is 0 Å². The van der Waals surface area contributed by atoms with E-state index in [0.717, 1.165) is 5.56 Å². The molecule has 2 aliphatic heterocycles. The Morgan fingerprint density at radius 1 is 1.05 bits per heavy atom. The largest absolute Gasteiger partial charge is 0.451 e. The number of benzene rings is 1. The van der Waals surface area contributed by atoms with Crippen LogP contribution in [-0.4, -0.2) is 70.1 Å². The molecular formula is C28H35F3N7O5P. The van der Waals surface area contributed by atoms with Gasteiger partial charge in [0.15, 0.2) is 0 Å². The third kappa shape index (κ3) is 9.38. The smallest absolute Gasteiger partial charge is 0.356 e. The Morgan fingerprint density at radius 3 is 2.32 bits per heavy atom. The van der Waals surface area contributed by atoms with E-state index in [1.54, 1.807) is 21.9 Å². The summed E-state index contributed by atoms with van der Waals surface area (Å²) in [6.45, 7) is 1.64. The van der Waals surface area contributed by atoms with Crippen LogP contribution in [0.4, 0.5) is 24.8 Å². The average molecular weight is 638 g/mol. The highest BCUT2D eigenvalue weighted by Gasteiger charge is 2.40. The Labute approximate surface area is 252 Å². The SMILES string of the molecule is N#Cc1ccc(CCNC(=O)C2CCN2c2cc(N3CCC(CCCC(=O)NCP(=O)(O)O)CC3)nc(C(F)(F)F)n2)cc1. The maximum Gasteiger partial charge on any atom is 0.451 e. The monoisotopic (exact) mass is 637 g/mol. The number of hydrogen-bond donors (Lipinski definition) is 4. The van der Waals surface area contributed by atoms with Crippen molar-refractivity contribution in [1.29, 1.82) is 5.26 Å². The van der Waals surface area contributed by atoms with Crippen molar-refractivity contribution in [2.75, 3.05) is 42.3 Å².